The van der Waals surface area contributed by atoms with Crippen molar-refractivity contribution in [2.24, 2.45) is 4.99 Å². The summed E-state index contributed by atoms with van der Waals surface area (Å²) in [5.74, 6) is 0.743. The molecule has 1 aromatic rings. The average Bonchev–Trinajstić information content (AvgIpc) is 3.02. The largest absolute Gasteiger partial charge is 0.359 e. The molecule has 1 spiro atoms. The van der Waals surface area contributed by atoms with E-state index in [-0.39, 0.29) is 10.8 Å². The minimum absolute atomic E-state index is 0.164. The predicted octanol–water partition coefficient (Wildman–Crippen LogP) is 3.98. The summed E-state index contributed by atoms with van der Waals surface area (Å²) in [5.41, 5.74) is 1.23. The van der Waals surface area contributed by atoms with E-state index in [0.29, 0.717) is 12.1 Å². The highest BCUT2D eigenvalue weighted by Crippen LogP contribution is 2.37. The number of hydrogen-bond acceptors (Lipinski definition) is 2. The zero-order valence-corrected chi connectivity index (χ0v) is 12.2. The van der Waals surface area contributed by atoms with E-state index in [2.05, 4.69) is 10.3 Å². The molecule has 2 nitrogen and oxygen atoms in total. The molecule has 0 amide bonds. The number of benzene rings is 1. The van der Waals surface area contributed by atoms with Gasteiger partial charge in [-0.25, -0.2) is 4.39 Å². The fraction of sp³-hybridized carbons (Fsp3) is 0.500. The first-order chi connectivity index (χ1) is 9.17. The van der Waals surface area contributed by atoms with E-state index in [1.165, 1.54) is 31.7 Å². The molecule has 19 heavy (non-hydrogen) atoms. The quantitative estimate of drug-likeness (QED) is 0.893. The number of rotatable bonds is 2. The van der Waals surface area contributed by atoms with Crippen molar-refractivity contribution in [1.82, 2.24) is 5.32 Å². The number of nitrogens with zero attached hydrogens (tertiary/aromatic N) is 1. The minimum atomic E-state index is -0.378. The third-order valence-electron chi connectivity index (χ3n) is 3.81. The van der Waals surface area contributed by atoms with Crippen LogP contribution in [0.25, 0.3) is 0 Å². The van der Waals surface area contributed by atoms with Gasteiger partial charge in [-0.3, -0.25) is 4.99 Å². The van der Waals surface area contributed by atoms with E-state index in [0.717, 1.165) is 16.5 Å². The van der Waals surface area contributed by atoms with Crippen molar-refractivity contribution in [1.29, 1.82) is 0 Å². The summed E-state index contributed by atoms with van der Waals surface area (Å²) in [4.78, 5) is 4.57. The molecule has 0 atom stereocenters. The summed E-state index contributed by atoms with van der Waals surface area (Å²) in [7, 11) is 0. The van der Waals surface area contributed by atoms with Crippen molar-refractivity contribution in [3.05, 3.63) is 34.6 Å². The van der Waals surface area contributed by atoms with Crippen LogP contribution in [0.1, 0.15) is 31.2 Å². The van der Waals surface area contributed by atoms with Gasteiger partial charge in [-0.05, 0) is 30.5 Å². The lowest BCUT2D eigenvalue weighted by atomic mass is 10.0. The smallest absolute Gasteiger partial charge is 0.157 e. The van der Waals surface area contributed by atoms with E-state index in [1.54, 1.807) is 23.9 Å². The van der Waals surface area contributed by atoms with Crippen LogP contribution in [0, 0.1) is 5.82 Å². The second-order valence-corrected chi connectivity index (χ2v) is 6.64. The molecule has 1 saturated carbocycles. The van der Waals surface area contributed by atoms with Gasteiger partial charge in [0, 0.05) is 11.3 Å². The number of aliphatic imine (C=N–C) groups is 1. The SMILES string of the molecule is Fc1ccc(CN=C2NC3(CCCC3)CS2)cc1Cl. The van der Waals surface area contributed by atoms with Crippen LogP contribution in [0.3, 0.4) is 0 Å². The molecule has 1 aliphatic heterocycles. The van der Waals surface area contributed by atoms with E-state index in [9.17, 15) is 4.39 Å². The van der Waals surface area contributed by atoms with E-state index < -0.39 is 0 Å². The summed E-state index contributed by atoms with van der Waals surface area (Å²) in [5, 5.41) is 4.75. The van der Waals surface area contributed by atoms with Gasteiger partial charge in [0.1, 0.15) is 5.82 Å². The summed E-state index contributed by atoms with van der Waals surface area (Å²) in [6, 6.07) is 4.77. The maximum absolute atomic E-state index is 13.1. The van der Waals surface area contributed by atoms with E-state index in [1.807, 2.05) is 0 Å². The Labute approximate surface area is 121 Å². The monoisotopic (exact) mass is 298 g/mol. The van der Waals surface area contributed by atoms with Gasteiger partial charge in [0.2, 0.25) is 0 Å². The van der Waals surface area contributed by atoms with Crippen LogP contribution in [-0.2, 0) is 6.54 Å². The lowest BCUT2D eigenvalue weighted by molar-refractivity contribution is 0.452. The highest BCUT2D eigenvalue weighted by atomic mass is 35.5. The zero-order chi connectivity index (χ0) is 13.3. The number of thioether (sulfide) groups is 1. The second kappa shape index (κ2) is 5.33. The Morgan fingerprint density at radius 3 is 2.89 bits per heavy atom. The van der Waals surface area contributed by atoms with Crippen LogP contribution in [0.15, 0.2) is 23.2 Å². The molecular weight excluding hydrogens is 283 g/mol. The van der Waals surface area contributed by atoms with Crippen LogP contribution in [0.2, 0.25) is 5.02 Å². The van der Waals surface area contributed by atoms with Crippen molar-refractivity contribution >= 4 is 28.5 Å². The van der Waals surface area contributed by atoms with Gasteiger partial charge in [-0.2, -0.15) is 0 Å². The van der Waals surface area contributed by atoms with Crippen molar-refractivity contribution < 1.29 is 4.39 Å². The highest BCUT2D eigenvalue weighted by molar-refractivity contribution is 8.14. The molecule has 0 bridgehead atoms. The van der Waals surface area contributed by atoms with Crippen molar-refractivity contribution in [2.45, 2.75) is 37.8 Å². The molecule has 0 aromatic heterocycles. The number of halogens is 2. The van der Waals surface area contributed by atoms with Crippen LogP contribution in [0.4, 0.5) is 4.39 Å². The van der Waals surface area contributed by atoms with Crippen LogP contribution >= 0.6 is 23.4 Å². The molecule has 2 fully saturated rings. The van der Waals surface area contributed by atoms with E-state index >= 15 is 0 Å². The summed E-state index contributed by atoms with van der Waals surface area (Å²) < 4.78 is 13.1. The molecule has 1 aromatic carbocycles. The summed E-state index contributed by atoms with van der Waals surface area (Å²) >= 11 is 7.56. The normalized spacial score (nSPS) is 23.2. The molecule has 2 aliphatic rings. The molecule has 3 rings (SSSR count). The molecule has 102 valence electrons. The third-order valence-corrected chi connectivity index (χ3v) is 5.30. The highest BCUT2D eigenvalue weighted by Gasteiger charge is 2.39. The Morgan fingerprint density at radius 1 is 1.37 bits per heavy atom. The third kappa shape index (κ3) is 2.90. The van der Waals surface area contributed by atoms with Crippen LogP contribution in [0.5, 0.6) is 0 Å². The van der Waals surface area contributed by atoms with Crippen molar-refractivity contribution in [3.63, 3.8) is 0 Å². The zero-order valence-electron chi connectivity index (χ0n) is 10.6. The first-order valence-corrected chi connectivity index (χ1v) is 7.93. The lowest BCUT2D eigenvalue weighted by Crippen LogP contribution is -2.40. The molecule has 0 radical (unpaired) electrons. The average molecular weight is 299 g/mol. The Balaban J connectivity index is 1.65. The molecule has 1 aliphatic carbocycles. The number of hydrogen-bond donors (Lipinski definition) is 1. The molecule has 1 saturated heterocycles. The number of amidine groups is 1. The molecule has 5 heteroatoms. The number of nitrogens with one attached hydrogen (secondary N) is 1. The molecular formula is C14H16ClFN2S. The molecule has 0 unspecified atom stereocenters. The standard InChI is InChI=1S/C14H16ClFN2S/c15-11-7-10(3-4-12(11)16)8-17-13-18-14(9-19-13)5-1-2-6-14/h3-4,7H,1-2,5-6,8-9H2,(H,17,18). The van der Waals surface area contributed by atoms with Gasteiger partial charge in [0.15, 0.2) is 5.17 Å². The van der Waals surface area contributed by atoms with Crippen LogP contribution < -0.4 is 5.32 Å². The first-order valence-electron chi connectivity index (χ1n) is 6.56. The van der Waals surface area contributed by atoms with Gasteiger partial charge in [-0.15, -0.1) is 0 Å². The maximum Gasteiger partial charge on any atom is 0.157 e. The summed E-state index contributed by atoms with van der Waals surface area (Å²) in [6.45, 7) is 0.547. The van der Waals surface area contributed by atoms with Gasteiger partial charge in [-0.1, -0.05) is 42.3 Å². The van der Waals surface area contributed by atoms with Crippen molar-refractivity contribution in [3.8, 4) is 0 Å². The van der Waals surface area contributed by atoms with E-state index in [4.69, 9.17) is 11.6 Å². The molecule has 1 heterocycles. The topological polar surface area (TPSA) is 24.4 Å². The summed E-state index contributed by atoms with van der Waals surface area (Å²) in [6.07, 6.45) is 5.13. The Bertz CT molecular complexity index is 512. The minimum Gasteiger partial charge on any atom is -0.359 e. The fourth-order valence-corrected chi connectivity index (χ4v) is 4.13. The van der Waals surface area contributed by atoms with Gasteiger partial charge < -0.3 is 5.32 Å². The van der Waals surface area contributed by atoms with Crippen LogP contribution in [-0.4, -0.2) is 16.5 Å². The Morgan fingerprint density at radius 2 is 2.16 bits per heavy atom. The predicted molar refractivity (Wildman–Crippen MR) is 79.3 cm³/mol. The van der Waals surface area contributed by atoms with Gasteiger partial charge in [0.05, 0.1) is 11.6 Å². The van der Waals surface area contributed by atoms with Gasteiger partial charge in [0.25, 0.3) is 0 Å². The van der Waals surface area contributed by atoms with Gasteiger partial charge >= 0.3 is 0 Å². The maximum atomic E-state index is 13.1. The Hall–Kier alpha value is -0.740. The first kappa shape index (κ1) is 13.3. The Kier molecular flexibility index (Phi) is 3.72. The fourth-order valence-electron chi connectivity index (χ4n) is 2.71. The van der Waals surface area contributed by atoms with Crippen molar-refractivity contribution in [2.75, 3.05) is 5.75 Å². The second-order valence-electron chi connectivity index (χ2n) is 5.27. The molecule has 1 N–H and O–H groups in total. The lowest BCUT2D eigenvalue weighted by Gasteiger charge is -2.21.